The Bertz CT molecular complexity index is 645. The maximum atomic E-state index is 12.4. The standard InChI is InChI=1S/C17H21Cl2N3O2S/c18-13-4-3-12(14(19)10-13)11-20-17(25)22-7-5-21(6-8-22)16(23)15-2-1-9-24-15/h3-4,10,15H,1-2,5-9,11H2,(H,20,25). The van der Waals surface area contributed by atoms with E-state index in [0.717, 1.165) is 31.5 Å². The lowest BCUT2D eigenvalue weighted by atomic mass is 10.2. The van der Waals surface area contributed by atoms with Crippen LogP contribution in [0.3, 0.4) is 0 Å². The first-order valence-electron chi connectivity index (χ1n) is 8.41. The van der Waals surface area contributed by atoms with Crippen molar-refractivity contribution in [3.8, 4) is 0 Å². The van der Waals surface area contributed by atoms with Gasteiger partial charge in [-0.25, -0.2) is 0 Å². The van der Waals surface area contributed by atoms with E-state index in [1.165, 1.54) is 0 Å². The summed E-state index contributed by atoms with van der Waals surface area (Å²) in [4.78, 5) is 16.3. The number of thiocarbonyl (C=S) groups is 1. The van der Waals surface area contributed by atoms with E-state index < -0.39 is 0 Å². The molecule has 0 saturated carbocycles. The normalized spacial score (nSPS) is 20.6. The summed E-state index contributed by atoms with van der Waals surface area (Å²) >= 11 is 17.6. The van der Waals surface area contributed by atoms with Crippen molar-refractivity contribution in [1.82, 2.24) is 15.1 Å². The molecule has 5 nitrogen and oxygen atoms in total. The highest BCUT2D eigenvalue weighted by atomic mass is 35.5. The Morgan fingerprint density at radius 3 is 2.60 bits per heavy atom. The van der Waals surface area contributed by atoms with Crippen LogP contribution in [0, 0.1) is 0 Å². The van der Waals surface area contributed by atoms with Gasteiger partial charge in [0, 0.05) is 49.4 Å². The molecule has 1 aromatic carbocycles. The quantitative estimate of drug-likeness (QED) is 0.788. The molecule has 136 valence electrons. The molecule has 2 saturated heterocycles. The van der Waals surface area contributed by atoms with Gasteiger partial charge in [0.2, 0.25) is 0 Å². The topological polar surface area (TPSA) is 44.8 Å². The molecule has 1 unspecified atom stereocenters. The predicted molar refractivity (Wildman–Crippen MR) is 103 cm³/mol. The van der Waals surface area contributed by atoms with Crippen LogP contribution in [0.15, 0.2) is 18.2 Å². The van der Waals surface area contributed by atoms with E-state index in [1.54, 1.807) is 6.07 Å². The summed E-state index contributed by atoms with van der Waals surface area (Å²) in [5, 5.41) is 5.14. The molecule has 25 heavy (non-hydrogen) atoms. The number of rotatable bonds is 3. The van der Waals surface area contributed by atoms with Crippen molar-refractivity contribution in [3.63, 3.8) is 0 Å². The molecular weight excluding hydrogens is 381 g/mol. The zero-order chi connectivity index (χ0) is 17.8. The highest BCUT2D eigenvalue weighted by molar-refractivity contribution is 7.80. The molecule has 1 aromatic rings. The lowest BCUT2D eigenvalue weighted by molar-refractivity contribution is -0.142. The fourth-order valence-electron chi connectivity index (χ4n) is 3.05. The fraction of sp³-hybridized carbons (Fsp3) is 0.529. The first kappa shape index (κ1) is 18.7. The summed E-state index contributed by atoms with van der Waals surface area (Å²) in [6.45, 7) is 4.02. The van der Waals surface area contributed by atoms with E-state index in [-0.39, 0.29) is 12.0 Å². The molecule has 0 aromatic heterocycles. The second-order valence-electron chi connectivity index (χ2n) is 6.21. The van der Waals surface area contributed by atoms with Crippen molar-refractivity contribution < 1.29 is 9.53 Å². The molecule has 1 amide bonds. The molecule has 2 heterocycles. The fourth-order valence-corrected chi connectivity index (χ4v) is 3.78. The van der Waals surface area contributed by atoms with E-state index >= 15 is 0 Å². The van der Waals surface area contributed by atoms with Gasteiger partial charge in [-0.15, -0.1) is 0 Å². The van der Waals surface area contributed by atoms with Crippen molar-refractivity contribution in [1.29, 1.82) is 0 Å². The molecule has 0 radical (unpaired) electrons. The van der Waals surface area contributed by atoms with Gasteiger partial charge < -0.3 is 19.9 Å². The molecule has 0 spiro atoms. The molecular formula is C17H21Cl2N3O2S. The molecule has 2 aliphatic rings. The summed E-state index contributed by atoms with van der Waals surface area (Å²) in [6, 6.07) is 5.42. The molecule has 0 aliphatic carbocycles. The van der Waals surface area contributed by atoms with Crippen molar-refractivity contribution in [3.05, 3.63) is 33.8 Å². The second-order valence-corrected chi connectivity index (χ2v) is 7.44. The molecule has 1 N–H and O–H groups in total. The number of piperazine rings is 1. The van der Waals surface area contributed by atoms with E-state index in [2.05, 4.69) is 10.2 Å². The number of carbonyl (C=O) groups is 1. The van der Waals surface area contributed by atoms with E-state index in [1.807, 2.05) is 17.0 Å². The van der Waals surface area contributed by atoms with Crippen LogP contribution in [0.1, 0.15) is 18.4 Å². The average molecular weight is 402 g/mol. The smallest absolute Gasteiger partial charge is 0.251 e. The first-order valence-corrected chi connectivity index (χ1v) is 9.58. The maximum Gasteiger partial charge on any atom is 0.251 e. The van der Waals surface area contributed by atoms with Gasteiger partial charge in [0.15, 0.2) is 5.11 Å². The van der Waals surface area contributed by atoms with Crippen molar-refractivity contribution in [2.24, 2.45) is 0 Å². The van der Waals surface area contributed by atoms with E-state index in [4.69, 9.17) is 40.2 Å². The Morgan fingerprint density at radius 2 is 1.96 bits per heavy atom. The Hall–Kier alpha value is -1.08. The maximum absolute atomic E-state index is 12.4. The van der Waals surface area contributed by atoms with E-state index in [0.29, 0.717) is 41.4 Å². The third-order valence-electron chi connectivity index (χ3n) is 4.53. The predicted octanol–water partition coefficient (Wildman–Crippen LogP) is 2.69. The van der Waals surface area contributed by atoms with Crippen LogP contribution < -0.4 is 5.32 Å². The number of halogens is 2. The lowest BCUT2D eigenvalue weighted by Gasteiger charge is -2.37. The molecule has 1 atom stereocenters. The Labute approximate surface area is 163 Å². The van der Waals surface area contributed by atoms with Gasteiger partial charge in [0.05, 0.1) is 0 Å². The van der Waals surface area contributed by atoms with Gasteiger partial charge in [0.1, 0.15) is 6.10 Å². The SMILES string of the molecule is O=C(C1CCCO1)N1CCN(C(=S)NCc2ccc(Cl)cc2Cl)CC1. The minimum absolute atomic E-state index is 0.115. The first-order chi connectivity index (χ1) is 12.0. The van der Waals surface area contributed by atoms with Crippen LogP contribution in [-0.4, -0.2) is 59.7 Å². The van der Waals surface area contributed by atoms with Crippen LogP contribution in [-0.2, 0) is 16.1 Å². The van der Waals surface area contributed by atoms with Gasteiger partial charge in [-0.2, -0.15) is 0 Å². The summed E-state index contributed by atoms with van der Waals surface area (Å²) in [6.07, 6.45) is 1.56. The van der Waals surface area contributed by atoms with Crippen LogP contribution in [0.4, 0.5) is 0 Å². The van der Waals surface area contributed by atoms with Crippen LogP contribution in [0.5, 0.6) is 0 Å². The number of hydrogen-bond acceptors (Lipinski definition) is 3. The Morgan fingerprint density at radius 1 is 1.24 bits per heavy atom. The van der Waals surface area contributed by atoms with Gasteiger partial charge in [-0.1, -0.05) is 29.3 Å². The van der Waals surface area contributed by atoms with Crippen molar-refractivity contribution >= 4 is 46.4 Å². The second kappa shape index (κ2) is 8.54. The lowest BCUT2D eigenvalue weighted by Crippen LogP contribution is -2.54. The summed E-state index contributed by atoms with van der Waals surface area (Å²) in [5.41, 5.74) is 0.945. The van der Waals surface area contributed by atoms with Gasteiger partial charge in [0.25, 0.3) is 5.91 Å². The number of hydrogen-bond donors (Lipinski definition) is 1. The summed E-state index contributed by atoms with van der Waals surface area (Å²) < 4.78 is 5.48. The average Bonchev–Trinajstić information content (AvgIpc) is 3.15. The zero-order valence-electron chi connectivity index (χ0n) is 13.8. The minimum atomic E-state index is -0.247. The third-order valence-corrected chi connectivity index (χ3v) is 5.52. The summed E-state index contributed by atoms with van der Waals surface area (Å²) in [7, 11) is 0. The molecule has 8 heteroatoms. The highest BCUT2D eigenvalue weighted by Crippen LogP contribution is 2.21. The van der Waals surface area contributed by atoms with Crippen LogP contribution >= 0.6 is 35.4 Å². The molecule has 0 bridgehead atoms. The zero-order valence-corrected chi connectivity index (χ0v) is 16.2. The largest absolute Gasteiger partial charge is 0.368 e. The molecule has 2 fully saturated rings. The van der Waals surface area contributed by atoms with E-state index in [9.17, 15) is 4.79 Å². The van der Waals surface area contributed by atoms with Crippen LogP contribution in [0.2, 0.25) is 10.0 Å². The Kier molecular flexibility index (Phi) is 6.39. The number of ether oxygens (including phenoxy) is 1. The third kappa shape index (κ3) is 4.76. The highest BCUT2D eigenvalue weighted by Gasteiger charge is 2.30. The molecule has 3 rings (SSSR count). The van der Waals surface area contributed by atoms with Crippen molar-refractivity contribution in [2.45, 2.75) is 25.5 Å². The monoisotopic (exact) mass is 401 g/mol. The number of amides is 1. The van der Waals surface area contributed by atoms with Crippen LogP contribution in [0.25, 0.3) is 0 Å². The van der Waals surface area contributed by atoms with Gasteiger partial charge in [-0.05, 0) is 42.8 Å². The van der Waals surface area contributed by atoms with Gasteiger partial charge in [-0.3, -0.25) is 4.79 Å². The number of nitrogens with zero attached hydrogens (tertiary/aromatic N) is 2. The van der Waals surface area contributed by atoms with Crippen molar-refractivity contribution in [2.75, 3.05) is 32.8 Å². The number of nitrogens with one attached hydrogen (secondary N) is 1. The molecule has 2 aliphatic heterocycles. The Balaban J connectivity index is 1.45. The summed E-state index contributed by atoms with van der Waals surface area (Å²) in [5.74, 6) is 0.115. The minimum Gasteiger partial charge on any atom is -0.368 e. The number of benzene rings is 1. The number of carbonyl (C=O) groups excluding carboxylic acids is 1. The van der Waals surface area contributed by atoms with Gasteiger partial charge >= 0.3 is 0 Å².